The van der Waals surface area contributed by atoms with Gasteiger partial charge in [0.05, 0.1) is 6.61 Å². The van der Waals surface area contributed by atoms with Crippen molar-refractivity contribution in [2.45, 2.75) is 20.8 Å². The molecule has 0 aliphatic heterocycles. The topological polar surface area (TPSA) is 43.4 Å². The van der Waals surface area contributed by atoms with Crippen LogP contribution < -0.4 is 0 Å². The first-order valence-electron chi connectivity index (χ1n) is 5.51. The van der Waals surface area contributed by atoms with Gasteiger partial charge in [0.1, 0.15) is 0 Å². The Morgan fingerprint density at radius 1 is 1.24 bits per heavy atom. The minimum atomic E-state index is -0.451. The summed E-state index contributed by atoms with van der Waals surface area (Å²) in [4.78, 5) is 23.1. The van der Waals surface area contributed by atoms with E-state index in [4.69, 9.17) is 4.74 Å². The van der Waals surface area contributed by atoms with Crippen molar-refractivity contribution in [2.24, 2.45) is 0 Å². The zero-order valence-corrected chi connectivity index (χ0v) is 10.3. The van der Waals surface area contributed by atoms with Crippen molar-refractivity contribution in [3.05, 3.63) is 47.0 Å². The van der Waals surface area contributed by atoms with Crippen LogP contribution in [0.3, 0.4) is 0 Å². The number of benzene rings is 1. The smallest absolute Gasteiger partial charge is 0.333 e. The first-order valence-corrected chi connectivity index (χ1v) is 5.51. The number of allylic oxidation sites excluding steroid dienone is 1. The summed E-state index contributed by atoms with van der Waals surface area (Å²) in [5.74, 6) is -0.636. The van der Waals surface area contributed by atoms with Crippen molar-refractivity contribution in [3.8, 4) is 0 Å². The van der Waals surface area contributed by atoms with Gasteiger partial charge >= 0.3 is 5.97 Å². The van der Waals surface area contributed by atoms with Crippen LogP contribution in [-0.2, 0) is 9.53 Å². The van der Waals surface area contributed by atoms with E-state index in [0.29, 0.717) is 17.7 Å². The maximum atomic E-state index is 11.8. The fraction of sp³-hybridized carbons (Fsp3) is 0.286. The Hall–Kier alpha value is -1.90. The highest BCUT2D eigenvalue weighted by atomic mass is 16.5. The number of hydrogen-bond acceptors (Lipinski definition) is 3. The molecule has 1 rings (SSSR count). The third-order valence-electron chi connectivity index (χ3n) is 2.28. The van der Waals surface area contributed by atoms with E-state index >= 15 is 0 Å². The van der Waals surface area contributed by atoms with E-state index in [1.54, 1.807) is 26.0 Å². The molecule has 0 unspecified atom stereocenters. The number of hydrogen-bond donors (Lipinski definition) is 0. The van der Waals surface area contributed by atoms with Crippen LogP contribution in [0.25, 0.3) is 0 Å². The minimum Gasteiger partial charge on any atom is -0.463 e. The zero-order valence-electron chi connectivity index (χ0n) is 10.3. The normalized spacial score (nSPS) is 11.1. The number of carbonyl (C=O) groups excluding carboxylic acids is 2. The molecule has 0 amide bonds. The van der Waals surface area contributed by atoms with E-state index < -0.39 is 5.97 Å². The molecule has 0 bridgehead atoms. The first-order chi connectivity index (χ1) is 8.04. The number of aryl methyl sites for hydroxylation is 1. The average molecular weight is 232 g/mol. The maximum Gasteiger partial charge on any atom is 0.333 e. The molecule has 0 aliphatic carbocycles. The SMILES string of the molecule is CCOC(=O)C(C)=CC(=O)c1ccc(C)cc1. The van der Waals surface area contributed by atoms with E-state index in [1.807, 2.05) is 19.1 Å². The number of ether oxygens (including phenoxy) is 1. The lowest BCUT2D eigenvalue weighted by atomic mass is 10.1. The molecule has 0 aliphatic rings. The van der Waals surface area contributed by atoms with Gasteiger partial charge in [0.25, 0.3) is 0 Å². The maximum absolute atomic E-state index is 11.8. The van der Waals surface area contributed by atoms with Gasteiger partial charge in [-0.1, -0.05) is 29.8 Å². The predicted octanol–water partition coefficient (Wildman–Crippen LogP) is 2.69. The summed E-state index contributed by atoms with van der Waals surface area (Å²) in [6.45, 7) is 5.56. The van der Waals surface area contributed by atoms with Gasteiger partial charge in [-0.25, -0.2) is 4.79 Å². The van der Waals surface area contributed by atoms with Gasteiger partial charge < -0.3 is 4.74 Å². The predicted molar refractivity (Wildman–Crippen MR) is 65.9 cm³/mol. The third-order valence-corrected chi connectivity index (χ3v) is 2.28. The van der Waals surface area contributed by atoms with E-state index in [2.05, 4.69) is 0 Å². The van der Waals surface area contributed by atoms with E-state index in [-0.39, 0.29) is 5.78 Å². The highest BCUT2D eigenvalue weighted by molar-refractivity contribution is 6.08. The molecule has 0 saturated carbocycles. The summed E-state index contributed by atoms with van der Waals surface area (Å²) in [5.41, 5.74) is 1.98. The number of carbonyl (C=O) groups is 2. The second kappa shape index (κ2) is 5.99. The summed E-state index contributed by atoms with van der Waals surface area (Å²) in [5, 5.41) is 0. The molecule has 17 heavy (non-hydrogen) atoms. The summed E-state index contributed by atoms with van der Waals surface area (Å²) in [6.07, 6.45) is 1.31. The van der Waals surface area contributed by atoms with Crippen LogP contribution in [0.2, 0.25) is 0 Å². The van der Waals surface area contributed by atoms with Gasteiger partial charge in [0.15, 0.2) is 5.78 Å². The molecule has 1 aromatic carbocycles. The highest BCUT2D eigenvalue weighted by Crippen LogP contribution is 2.07. The minimum absolute atomic E-state index is 0.185. The molecule has 90 valence electrons. The monoisotopic (exact) mass is 232 g/mol. The Labute approximate surface area is 101 Å². The molecule has 3 heteroatoms. The summed E-state index contributed by atoms with van der Waals surface area (Å²) < 4.78 is 4.80. The third kappa shape index (κ3) is 3.87. The molecule has 0 spiro atoms. The Kier molecular flexibility index (Phi) is 4.64. The van der Waals surface area contributed by atoms with Gasteiger partial charge in [-0.15, -0.1) is 0 Å². The Morgan fingerprint density at radius 3 is 2.35 bits per heavy atom. The van der Waals surface area contributed by atoms with Crippen molar-refractivity contribution in [1.82, 2.24) is 0 Å². The van der Waals surface area contributed by atoms with E-state index in [0.717, 1.165) is 5.56 Å². The van der Waals surface area contributed by atoms with E-state index in [9.17, 15) is 9.59 Å². The summed E-state index contributed by atoms with van der Waals surface area (Å²) >= 11 is 0. The summed E-state index contributed by atoms with van der Waals surface area (Å²) in [7, 11) is 0. The lowest BCUT2D eigenvalue weighted by Crippen LogP contribution is -2.07. The molecule has 0 heterocycles. The molecular weight excluding hydrogens is 216 g/mol. The molecule has 0 fully saturated rings. The van der Waals surface area contributed by atoms with Gasteiger partial charge in [0, 0.05) is 11.1 Å². The number of rotatable bonds is 4. The zero-order chi connectivity index (χ0) is 12.8. The van der Waals surface area contributed by atoms with Crippen molar-refractivity contribution in [3.63, 3.8) is 0 Å². The second-order valence-corrected chi connectivity index (χ2v) is 3.78. The fourth-order valence-electron chi connectivity index (χ4n) is 1.30. The van der Waals surface area contributed by atoms with Crippen molar-refractivity contribution in [2.75, 3.05) is 6.61 Å². The largest absolute Gasteiger partial charge is 0.463 e. The van der Waals surface area contributed by atoms with Gasteiger partial charge in [-0.2, -0.15) is 0 Å². The molecule has 1 aromatic rings. The van der Waals surface area contributed by atoms with Crippen LogP contribution in [0.4, 0.5) is 0 Å². The van der Waals surface area contributed by atoms with Crippen molar-refractivity contribution in [1.29, 1.82) is 0 Å². The Morgan fingerprint density at radius 2 is 1.82 bits per heavy atom. The average Bonchev–Trinajstić information content (AvgIpc) is 2.30. The fourth-order valence-corrected chi connectivity index (χ4v) is 1.30. The van der Waals surface area contributed by atoms with Crippen LogP contribution in [0.1, 0.15) is 29.8 Å². The molecule has 0 aromatic heterocycles. The lowest BCUT2D eigenvalue weighted by molar-refractivity contribution is -0.138. The Bertz CT molecular complexity index is 441. The molecule has 0 radical (unpaired) electrons. The van der Waals surface area contributed by atoms with Crippen LogP contribution in [0, 0.1) is 6.92 Å². The summed E-state index contributed by atoms with van der Waals surface area (Å²) in [6, 6.07) is 7.21. The second-order valence-electron chi connectivity index (χ2n) is 3.78. The van der Waals surface area contributed by atoms with Gasteiger partial charge in [-0.05, 0) is 26.8 Å². The van der Waals surface area contributed by atoms with Crippen LogP contribution in [-0.4, -0.2) is 18.4 Å². The molecular formula is C14H16O3. The van der Waals surface area contributed by atoms with Gasteiger partial charge in [0.2, 0.25) is 0 Å². The van der Waals surface area contributed by atoms with Crippen LogP contribution >= 0.6 is 0 Å². The quantitative estimate of drug-likeness (QED) is 0.455. The number of ketones is 1. The first kappa shape index (κ1) is 13.2. The van der Waals surface area contributed by atoms with Crippen LogP contribution in [0.5, 0.6) is 0 Å². The van der Waals surface area contributed by atoms with E-state index in [1.165, 1.54) is 6.08 Å². The molecule has 0 saturated heterocycles. The van der Waals surface area contributed by atoms with Crippen LogP contribution in [0.15, 0.2) is 35.9 Å². The molecule has 3 nitrogen and oxygen atoms in total. The van der Waals surface area contributed by atoms with Crippen molar-refractivity contribution < 1.29 is 14.3 Å². The number of esters is 1. The standard InChI is InChI=1S/C14H16O3/c1-4-17-14(16)11(3)9-13(15)12-7-5-10(2)6-8-12/h5-9H,4H2,1-3H3. The van der Waals surface area contributed by atoms with Crippen molar-refractivity contribution >= 4 is 11.8 Å². The Balaban J connectivity index is 2.81. The molecule has 0 atom stereocenters. The lowest BCUT2D eigenvalue weighted by Gasteiger charge is -2.01. The highest BCUT2D eigenvalue weighted by Gasteiger charge is 2.08. The van der Waals surface area contributed by atoms with Gasteiger partial charge in [-0.3, -0.25) is 4.79 Å². The molecule has 0 N–H and O–H groups in total.